The maximum Gasteiger partial charge on any atom is 0.193 e. The number of benzene rings is 1. The van der Waals surface area contributed by atoms with E-state index in [1.54, 1.807) is 19.2 Å². The molecule has 146 valence electrons. The zero-order valence-corrected chi connectivity index (χ0v) is 18.2. The summed E-state index contributed by atoms with van der Waals surface area (Å²) in [6.07, 6.45) is 4.34. The number of pyridine rings is 1. The first-order valence-corrected chi connectivity index (χ1v) is 9.02. The molecule has 0 spiro atoms. The Balaban J connectivity index is 0.00000261. The minimum atomic E-state index is -0.218. The van der Waals surface area contributed by atoms with Crippen molar-refractivity contribution in [1.29, 1.82) is 0 Å². The highest BCUT2D eigenvalue weighted by atomic mass is 127. The van der Waals surface area contributed by atoms with Crippen LogP contribution in [0.2, 0.25) is 0 Å². The van der Waals surface area contributed by atoms with Crippen LogP contribution < -0.4 is 10.2 Å². The number of nitrogens with one attached hydrogen (secondary N) is 1. The van der Waals surface area contributed by atoms with Gasteiger partial charge in [-0.3, -0.25) is 4.99 Å². The first kappa shape index (κ1) is 21.4. The van der Waals surface area contributed by atoms with E-state index in [1.165, 1.54) is 24.5 Å². The Hall–Kier alpha value is -1.90. The number of halogens is 2. The second-order valence-corrected chi connectivity index (χ2v) is 6.60. The second-order valence-electron chi connectivity index (χ2n) is 6.60. The molecule has 0 bridgehead atoms. The number of anilines is 1. The highest BCUT2D eigenvalue weighted by Crippen LogP contribution is 2.18. The fourth-order valence-corrected chi connectivity index (χ4v) is 3.24. The van der Waals surface area contributed by atoms with Crippen molar-refractivity contribution in [2.75, 3.05) is 32.1 Å². The fraction of sp³-hybridized carbons (Fsp3) is 0.400. The number of hydrogen-bond acceptors (Lipinski definition) is 3. The molecule has 0 atom stereocenters. The van der Waals surface area contributed by atoms with Crippen LogP contribution in [0.4, 0.5) is 10.2 Å². The molecule has 0 saturated carbocycles. The highest BCUT2D eigenvalue weighted by Gasteiger charge is 2.14. The van der Waals surface area contributed by atoms with Gasteiger partial charge in [-0.1, -0.05) is 12.1 Å². The maximum absolute atomic E-state index is 13.4. The van der Waals surface area contributed by atoms with E-state index in [0.29, 0.717) is 13.1 Å². The summed E-state index contributed by atoms with van der Waals surface area (Å²) in [6, 6.07) is 10.8. The molecule has 1 saturated heterocycles. The first-order valence-electron chi connectivity index (χ1n) is 9.02. The molecule has 1 fully saturated rings. The fourth-order valence-electron chi connectivity index (χ4n) is 3.24. The van der Waals surface area contributed by atoms with Crippen LogP contribution in [-0.4, -0.2) is 43.0 Å². The predicted molar refractivity (Wildman–Crippen MR) is 119 cm³/mol. The number of rotatable bonds is 5. The summed E-state index contributed by atoms with van der Waals surface area (Å²) in [5.41, 5.74) is 2.08. The minimum Gasteiger partial charge on any atom is -0.357 e. The van der Waals surface area contributed by atoms with Crippen LogP contribution >= 0.6 is 24.0 Å². The van der Waals surface area contributed by atoms with Gasteiger partial charge in [0.15, 0.2) is 5.96 Å². The zero-order valence-electron chi connectivity index (χ0n) is 15.9. The van der Waals surface area contributed by atoms with Crippen molar-refractivity contribution < 1.29 is 4.39 Å². The summed E-state index contributed by atoms with van der Waals surface area (Å²) in [5, 5.41) is 3.37. The third-order valence-electron chi connectivity index (χ3n) is 4.57. The van der Waals surface area contributed by atoms with Gasteiger partial charge >= 0.3 is 0 Å². The van der Waals surface area contributed by atoms with Gasteiger partial charge in [0.1, 0.15) is 11.6 Å². The summed E-state index contributed by atoms with van der Waals surface area (Å²) in [7, 11) is 3.70. The van der Waals surface area contributed by atoms with Gasteiger partial charge in [0.25, 0.3) is 0 Å². The quantitative estimate of drug-likeness (QED) is 0.401. The average molecular weight is 483 g/mol. The summed E-state index contributed by atoms with van der Waals surface area (Å²) in [5.74, 6) is 1.60. The van der Waals surface area contributed by atoms with Crippen LogP contribution in [0.5, 0.6) is 0 Å². The molecule has 5 nitrogen and oxygen atoms in total. The Morgan fingerprint density at radius 3 is 2.70 bits per heavy atom. The molecule has 1 aromatic heterocycles. The van der Waals surface area contributed by atoms with Crippen molar-refractivity contribution in [3.05, 3.63) is 59.5 Å². The van der Waals surface area contributed by atoms with Crippen LogP contribution in [-0.2, 0) is 13.1 Å². The molecule has 7 heteroatoms. The number of guanidine groups is 1. The van der Waals surface area contributed by atoms with Gasteiger partial charge in [0.2, 0.25) is 0 Å². The van der Waals surface area contributed by atoms with Gasteiger partial charge in [-0.05, 0) is 48.2 Å². The van der Waals surface area contributed by atoms with Crippen molar-refractivity contribution in [1.82, 2.24) is 15.2 Å². The van der Waals surface area contributed by atoms with Gasteiger partial charge in [-0.15, -0.1) is 24.0 Å². The maximum atomic E-state index is 13.4. The van der Waals surface area contributed by atoms with Crippen molar-refractivity contribution in [2.24, 2.45) is 4.99 Å². The second kappa shape index (κ2) is 10.4. The Bertz CT molecular complexity index is 762. The molecule has 0 radical (unpaired) electrons. The molecule has 2 aromatic rings. The van der Waals surface area contributed by atoms with Crippen molar-refractivity contribution in [3.8, 4) is 0 Å². The molecule has 27 heavy (non-hydrogen) atoms. The predicted octanol–water partition coefficient (Wildman–Crippen LogP) is 3.65. The van der Waals surface area contributed by atoms with E-state index in [4.69, 9.17) is 0 Å². The Kier molecular flexibility index (Phi) is 8.27. The lowest BCUT2D eigenvalue weighted by atomic mass is 10.2. The van der Waals surface area contributed by atoms with Gasteiger partial charge in [-0.2, -0.15) is 0 Å². The molecule has 1 aromatic carbocycles. The van der Waals surface area contributed by atoms with Gasteiger partial charge in [0, 0.05) is 46.5 Å². The first-order chi connectivity index (χ1) is 12.7. The number of aromatic nitrogens is 1. The molecule has 2 heterocycles. The van der Waals surface area contributed by atoms with Crippen LogP contribution in [0.1, 0.15) is 24.0 Å². The Morgan fingerprint density at radius 1 is 1.22 bits per heavy atom. The standard InChI is InChI=1S/C20H26FN5.HI/c1-22-20(25(2)15-17-6-5-7-18(21)12-17)24-14-16-8-9-23-19(13-16)26-10-3-4-11-26;/h5-9,12-13H,3-4,10-11,14-15H2,1-2H3,(H,22,24);1H. The van der Waals surface area contributed by atoms with Crippen LogP contribution in [0.15, 0.2) is 47.6 Å². The summed E-state index contributed by atoms with van der Waals surface area (Å²) in [6.45, 7) is 3.43. The average Bonchev–Trinajstić information content (AvgIpc) is 3.17. The van der Waals surface area contributed by atoms with Crippen molar-refractivity contribution in [3.63, 3.8) is 0 Å². The smallest absolute Gasteiger partial charge is 0.193 e. The van der Waals surface area contributed by atoms with E-state index in [9.17, 15) is 4.39 Å². The van der Waals surface area contributed by atoms with Gasteiger partial charge in [0.05, 0.1) is 0 Å². The topological polar surface area (TPSA) is 43.8 Å². The zero-order chi connectivity index (χ0) is 18.4. The van der Waals surface area contributed by atoms with Crippen molar-refractivity contribution >= 4 is 35.8 Å². The van der Waals surface area contributed by atoms with E-state index in [0.717, 1.165) is 30.4 Å². The number of hydrogen-bond donors (Lipinski definition) is 1. The van der Waals surface area contributed by atoms with E-state index < -0.39 is 0 Å². The molecule has 0 aliphatic carbocycles. The lowest BCUT2D eigenvalue weighted by Gasteiger charge is -2.22. The Labute approximate surface area is 177 Å². The van der Waals surface area contributed by atoms with Crippen LogP contribution in [0, 0.1) is 5.82 Å². The third-order valence-corrected chi connectivity index (χ3v) is 4.57. The SMILES string of the molecule is CN=C(NCc1ccnc(N2CCCC2)c1)N(C)Cc1cccc(F)c1.I. The lowest BCUT2D eigenvalue weighted by Crippen LogP contribution is -2.38. The summed E-state index contributed by atoms with van der Waals surface area (Å²) in [4.78, 5) is 13.1. The van der Waals surface area contributed by atoms with Gasteiger partial charge in [-0.25, -0.2) is 9.37 Å². The normalized spacial score (nSPS) is 14.0. The third kappa shape index (κ3) is 6.05. The molecule has 0 amide bonds. The number of aliphatic imine (C=N–C) groups is 1. The Morgan fingerprint density at radius 2 is 2.00 bits per heavy atom. The van der Waals surface area contributed by atoms with Crippen LogP contribution in [0.25, 0.3) is 0 Å². The van der Waals surface area contributed by atoms with E-state index >= 15 is 0 Å². The highest BCUT2D eigenvalue weighted by molar-refractivity contribution is 14.0. The number of nitrogens with zero attached hydrogens (tertiary/aromatic N) is 4. The van der Waals surface area contributed by atoms with E-state index in [-0.39, 0.29) is 29.8 Å². The molecular formula is C20H27FIN5. The summed E-state index contributed by atoms with van der Waals surface area (Å²) >= 11 is 0. The van der Waals surface area contributed by atoms with Crippen LogP contribution in [0.3, 0.4) is 0 Å². The summed E-state index contributed by atoms with van der Waals surface area (Å²) < 4.78 is 13.4. The van der Waals surface area contributed by atoms with E-state index in [1.807, 2.05) is 30.3 Å². The minimum absolute atomic E-state index is 0. The van der Waals surface area contributed by atoms with E-state index in [2.05, 4.69) is 26.3 Å². The molecule has 1 aliphatic rings. The van der Waals surface area contributed by atoms with Crippen molar-refractivity contribution in [2.45, 2.75) is 25.9 Å². The monoisotopic (exact) mass is 483 g/mol. The largest absolute Gasteiger partial charge is 0.357 e. The van der Waals surface area contributed by atoms with Gasteiger partial charge < -0.3 is 15.1 Å². The lowest BCUT2D eigenvalue weighted by molar-refractivity contribution is 0.474. The molecule has 0 unspecified atom stereocenters. The molecule has 1 N–H and O–H groups in total. The molecule has 3 rings (SSSR count). The molecule has 1 aliphatic heterocycles. The molecular weight excluding hydrogens is 456 g/mol.